The molecule has 2 atom stereocenters. The van der Waals surface area contributed by atoms with Crippen LogP contribution in [-0.2, 0) is 0 Å². The normalized spacial score (nSPS) is 16.4. The van der Waals surface area contributed by atoms with Gasteiger partial charge in [-0.2, -0.15) is 0 Å². The number of hydrogen-bond donors (Lipinski definition) is 1. The van der Waals surface area contributed by atoms with Crippen molar-refractivity contribution < 1.29 is 5.11 Å². The van der Waals surface area contributed by atoms with Gasteiger partial charge < -0.3 is 5.11 Å². The van der Waals surface area contributed by atoms with Gasteiger partial charge in [0.2, 0.25) is 0 Å². The van der Waals surface area contributed by atoms with Crippen LogP contribution in [0.25, 0.3) is 0 Å². The lowest BCUT2D eigenvalue weighted by Gasteiger charge is -2.13. The Balaban J connectivity index is 3.27. The first-order valence-electron chi connectivity index (χ1n) is 4.68. The van der Waals surface area contributed by atoms with Gasteiger partial charge in [-0.25, -0.2) is 0 Å². The molecule has 1 heteroatoms. The first kappa shape index (κ1) is 11.0. The van der Waals surface area contributed by atoms with Gasteiger partial charge in [-0.15, -0.1) is 0 Å². The van der Waals surface area contributed by atoms with Crippen molar-refractivity contribution in [2.24, 2.45) is 5.92 Å². The van der Waals surface area contributed by atoms with Gasteiger partial charge in [-0.1, -0.05) is 40.0 Å². The van der Waals surface area contributed by atoms with Crippen LogP contribution in [-0.4, -0.2) is 11.2 Å². The van der Waals surface area contributed by atoms with E-state index in [9.17, 15) is 5.11 Å². The summed E-state index contributed by atoms with van der Waals surface area (Å²) in [5.74, 6) is 0.659. The maximum Gasteiger partial charge on any atom is 0.0542 e. The fourth-order valence-corrected chi connectivity index (χ4v) is 1.25. The molecule has 1 nitrogen and oxygen atoms in total. The largest absolute Gasteiger partial charge is 0.393 e. The van der Waals surface area contributed by atoms with Crippen LogP contribution in [0.1, 0.15) is 46.0 Å². The lowest BCUT2D eigenvalue weighted by Crippen LogP contribution is -2.10. The van der Waals surface area contributed by atoms with Crippen molar-refractivity contribution in [1.82, 2.24) is 0 Å². The highest BCUT2D eigenvalue weighted by atomic mass is 16.3. The predicted molar refractivity (Wildman–Crippen MR) is 49.3 cm³/mol. The van der Waals surface area contributed by atoms with Crippen molar-refractivity contribution in [1.29, 1.82) is 0 Å². The molecule has 0 fully saturated rings. The smallest absolute Gasteiger partial charge is 0.0542 e. The molecule has 0 saturated heterocycles. The summed E-state index contributed by atoms with van der Waals surface area (Å²) in [5.41, 5.74) is 0. The Bertz CT molecular complexity index is 80.9. The Labute approximate surface area is 70.8 Å². The molecule has 0 aliphatic heterocycles. The van der Waals surface area contributed by atoms with Crippen molar-refractivity contribution in [2.75, 3.05) is 0 Å². The van der Waals surface area contributed by atoms with Crippen LogP contribution >= 0.6 is 0 Å². The zero-order valence-corrected chi connectivity index (χ0v) is 7.84. The third kappa shape index (κ3) is 6.36. The van der Waals surface area contributed by atoms with Gasteiger partial charge in [-0.05, 0) is 18.8 Å². The summed E-state index contributed by atoms with van der Waals surface area (Å²) in [7, 11) is 0. The van der Waals surface area contributed by atoms with Gasteiger partial charge in [0.1, 0.15) is 0 Å². The number of aliphatic hydroxyl groups is 1. The van der Waals surface area contributed by atoms with Gasteiger partial charge in [-0.3, -0.25) is 0 Å². The molecule has 0 aromatic heterocycles. The van der Waals surface area contributed by atoms with Gasteiger partial charge >= 0.3 is 0 Å². The van der Waals surface area contributed by atoms with Crippen LogP contribution in [0.2, 0.25) is 0 Å². The van der Waals surface area contributed by atoms with Crippen LogP contribution in [0.15, 0.2) is 0 Å². The number of rotatable bonds is 6. The molecular formula is C10H21O. The quantitative estimate of drug-likeness (QED) is 0.628. The molecule has 0 heterocycles. The van der Waals surface area contributed by atoms with E-state index in [-0.39, 0.29) is 6.10 Å². The first-order chi connectivity index (χ1) is 5.20. The fourth-order valence-electron chi connectivity index (χ4n) is 1.25. The molecule has 0 spiro atoms. The lowest BCUT2D eigenvalue weighted by molar-refractivity contribution is 0.145. The standard InChI is InChI=1S/C10H21O/c1-4-6-7-9(3)8-10(11)5-2/h9-11H,2,4-8H2,1,3H3. The van der Waals surface area contributed by atoms with E-state index >= 15 is 0 Å². The van der Waals surface area contributed by atoms with Crippen LogP contribution in [0.3, 0.4) is 0 Å². The number of unbranched alkanes of at least 4 members (excludes halogenated alkanes) is 1. The van der Waals surface area contributed by atoms with E-state index in [4.69, 9.17) is 0 Å². The average Bonchev–Trinajstić information content (AvgIpc) is 2.00. The molecule has 0 rings (SSSR count). The molecule has 0 aromatic rings. The minimum absolute atomic E-state index is 0.179. The molecule has 0 saturated carbocycles. The second-order valence-electron chi connectivity index (χ2n) is 3.43. The number of aliphatic hydroxyl groups excluding tert-OH is 1. The Morgan fingerprint density at radius 2 is 2.09 bits per heavy atom. The second-order valence-corrected chi connectivity index (χ2v) is 3.43. The van der Waals surface area contributed by atoms with E-state index < -0.39 is 0 Å². The highest BCUT2D eigenvalue weighted by molar-refractivity contribution is 4.62. The maximum absolute atomic E-state index is 9.27. The van der Waals surface area contributed by atoms with E-state index in [1.807, 2.05) is 0 Å². The molecule has 0 bridgehead atoms. The minimum atomic E-state index is -0.179. The molecule has 11 heavy (non-hydrogen) atoms. The Morgan fingerprint density at radius 1 is 1.45 bits per heavy atom. The summed E-state index contributed by atoms with van der Waals surface area (Å²) in [4.78, 5) is 0. The monoisotopic (exact) mass is 157 g/mol. The lowest BCUT2D eigenvalue weighted by atomic mass is 9.97. The van der Waals surface area contributed by atoms with Crippen molar-refractivity contribution in [2.45, 2.75) is 52.1 Å². The van der Waals surface area contributed by atoms with Crippen molar-refractivity contribution in [3.63, 3.8) is 0 Å². The Morgan fingerprint density at radius 3 is 2.55 bits per heavy atom. The fraction of sp³-hybridized carbons (Fsp3) is 0.900. The van der Waals surface area contributed by atoms with E-state index in [2.05, 4.69) is 20.8 Å². The van der Waals surface area contributed by atoms with E-state index in [1.54, 1.807) is 0 Å². The molecule has 67 valence electrons. The van der Waals surface area contributed by atoms with E-state index in [1.165, 1.54) is 19.3 Å². The zero-order valence-electron chi connectivity index (χ0n) is 7.84. The topological polar surface area (TPSA) is 20.2 Å². The highest BCUT2D eigenvalue weighted by Gasteiger charge is 2.07. The molecular weight excluding hydrogens is 136 g/mol. The number of hydrogen-bond acceptors (Lipinski definition) is 1. The van der Waals surface area contributed by atoms with E-state index in [0.717, 1.165) is 6.42 Å². The summed E-state index contributed by atoms with van der Waals surface area (Å²) < 4.78 is 0. The summed E-state index contributed by atoms with van der Waals surface area (Å²) in [6.07, 6.45) is 5.17. The predicted octanol–water partition coefficient (Wildman–Crippen LogP) is 2.79. The zero-order chi connectivity index (χ0) is 8.69. The van der Waals surface area contributed by atoms with E-state index in [0.29, 0.717) is 12.3 Å². The third-order valence-corrected chi connectivity index (χ3v) is 2.06. The molecule has 0 aliphatic rings. The Hall–Kier alpha value is -0.0400. The van der Waals surface area contributed by atoms with Crippen molar-refractivity contribution in [3.05, 3.63) is 6.92 Å². The van der Waals surface area contributed by atoms with Crippen LogP contribution < -0.4 is 0 Å². The van der Waals surface area contributed by atoms with Crippen LogP contribution in [0.5, 0.6) is 0 Å². The van der Waals surface area contributed by atoms with Gasteiger partial charge in [0.15, 0.2) is 0 Å². The van der Waals surface area contributed by atoms with Crippen LogP contribution in [0, 0.1) is 12.8 Å². The molecule has 2 unspecified atom stereocenters. The van der Waals surface area contributed by atoms with Gasteiger partial charge in [0, 0.05) is 0 Å². The highest BCUT2D eigenvalue weighted by Crippen LogP contribution is 2.14. The molecule has 1 N–H and O–H groups in total. The second kappa shape index (κ2) is 6.66. The summed E-state index contributed by atoms with van der Waals surface area (Å²) in [5, 5.41) is 9.27. The van der Waals surface area contributed by atoms with Crippen molar-refractivity contribution in [3.8, 4) is 0 Å². The van der Waals surface area contributed by atoms with Gasteiger partial charge in [0.05, 0.1) is 6.10 Å². The van der Waals surface area contributed by atoms with Crippen LogP contribution in [0.4, 0.5) is 0 Å². The minimum Gasteiger partial charge on any atom is -0.393 e. The van der Waals surface area contributed by atoms with Crippen molar-refractivity contribution >= 4 is 0 Å². The summed E-state index contributed by atoms with van der Waals surface area (Å²) >= 11 is 0. The summed E-state index contributed by atoms with van der Waals surface area (Å²) in [6, 6.07) is 0. The summed E-state index contributed by atoms with van der Waals surface area (Å²) in [6.45, 7) is 8.07. The Kier molecular flexibility index (Phi) is 6.63. The molecule has 0 aromatic carbocycles. The maximum atomic E-state index is 9.27. The SMILES string of the molecule is [CH2]CC(O)CC(C)CCCC. The first-order valence-corrected chi connectivity index (χ1v) is 4.68. The molecule has 1 radical (unpaired) electrons. The third-order valence-electron chi connectivity index (χ3n) is 2.06. The molecule has 0 amide bonds. The average molecular weight is 157 g/mol. The molecule has 0 aliphatic carbocycles. The van der Waals surface area contributed by atoms with Gasteiger partial charge in [0.25, 0.3) is 0 Å².